The maximum atomic E-state index is 13.5. The first kappa shape index (κ1) is 12.9. The third-order valence-corrected chi connectivity index (χ3v) is 3.01. The highest BCUT2D eigenvalue weighted by atomic mass is 35.5. The Bertz CT molecular complexity index is 559. The highest BCUT2D eigenvalue weighted by Crippen LogP contribution is 2.25. The zero-order valence-electron chi connectivity index (χ0n) is 9.61. The summed E-state index contributed by atoms with van der Waals surface area (Å²) >= 11 is 5.80. The summed E-state index contributed by atoms with van der Waals surface area (Å²) in [5, 5.41) is 10.5. The molecule has 0 radical (unpaired) electrons. The normalized spacial score (nSPS) is 12.4. The Labute approximate surface area is 110 Å². The Morgan fingerprint density at radius 3 is 2.67 bits per heavy atom. The van der Waals surface area contributed by atoms with Crippen LogP contribution in [0.2, 0.25) is 5.02 Å². The van der Waals surface area contributed by atoms with Crippen molar-refractivity contribution in [3.05, 3.63) is 64.4 Å². The lowest BCUT2D eigenvalue weighted by Crippen LogP contribution is -2.06. The predicted molar refractivity (Wildman–Crippen MR) is 70.9 cm³/mol. The van der Waals surface area contributed by atoms with Crippen LogP contribution in [-0.2, 0) is 6.42 Å². The van der Waals surface area contributed by atoms with Crippen molar-refractivity contribution in [3.8, 4) is 0 Å². The van der Waals surface area contributed by atoms with Gasteiger partial charge in [0.15, 0.2) is 0 Å². The third-order valence-electron chi connectivity index (χ3n) is 2.78. The molecule has 0 aliphatic rings. The quantitative estimate of drug-likeness (QED) is 0.836. The van der Waals surface area contributed by atoms with Gasteiger partial charge in [-0.2, -0.15) is 0 Å². The van der Waals surface area contributed by atoms with Gasteiger partial charge in [0.2, 0.25) is 0 Å². The van der Waals surface area contributed by atoms with Gasteiger partial charge in [0, 0.05) is 22.7 Å². The van der Waals surface area contributed by atoms with Crippen LogP contribution in [0.4, 0.5) is 10.1 Å². The van der Waals surface area contributed by atoms with E-state index in [1.54, 1.807) is 24.3 Å². The van der Waals surface area contributed by atoms with E-state index in [1.165, 1.54) is 18.2 Å². The van der Waals surface area contributed by atoms with Crippen molar-refractivity contribution in [1.29, 1.82) is 0 Å². The van der Waals surface area contributed by atoms with Gasteiger partial charge in [0.05, 0.1) is 6.10 Å². The van der Waals surface area contributed by atoms with E-state index in [4.69, 9.17) is 17.3 Å². The number of nitrogen functional groups attached to an aromatic ring is 1. The molecule has 0 amide bonds. The number of halogens is 2. The molecule has 0 fully saturated rings. The molecule has 1 atom stereocenters. The molecule has 18 heavy (non-hydrogen) atoms. The minimum absolute atomic E-state index is 0.139. The molecular formula is C14H13ClFNO. The van der Waals surface area contributed by atoms with Crippen LogP contribution < -0.4 is 5.73 Å². The number of hydrogen-bond acceptors (Lipinski definition) is 2. The number of benzene rings is 2. The molecule has 0 aromatic heterocycles. The third kappa shape index (κ3) is 2.81. The monoisotopic (exact) mass is 265 g/mol. The van der Waals surface area contributed by atoms with E-state index in [1.807, 2.05) is 0 Å². The van der Waals surface area contributed by atoms with Crippen molar-refractivity contribution in [3.63, 3.8) is 0 Å². The van der Waals surface area contributed by atoms with Crippen molar-refractivity contribution < 1.29 is 9.50 Å². The van der Waals surface area contributed by atoms with Crippen LogP contribution in [0.25, 0.3) is 0 Å². The summed E-state index contributed by atoms with van der Waals surface area (Å²) in [7, 11) is 0. The van der Waals surface area contributed by atoms with E-state index in [-0.39, 0.29) is 12.2 Å². The van der Waals surface area contributed by atoms with Gasteiger partial charge in [-0.25, -0.2) is 4.39 Å². The Hall–Kier alpha value is -1.58. The first-order chi connectivity index (χ1) is 8.58. The molecule has 0 bridgehead atoms. The van der Waals surface area contributed by atoms with Crippen LogP contribution in [0, 0.1) is 5.82 Å². The molecule has 3 N–H and O–H groups in total. The molecule has 0 aliphatic carbocycles. The molecule has 2 aromatic rings. The van der Waals surface area contributed by atoms with Gasteiger partial charge >= 0.3 is 0 Å². The van der Waals surface area contributed by atoms with Crippen LogP contribution in [0.1, 0.15) is 17.2 Å². The second-order valence-corrected chi connectivity index (χ2v) is 4.52. The average Bonchev–Trinajstić information content (AvgIpc) is 2.34. The molecule has 2 aromatic carbocycles. The summed E-state index contributed by atoms with van der Waals surface area (Å²) in [5.41, 5.74) is 7.22. The summed E-state index contributed by atoms with van der Waals surface area (Å²) in [6.45, 7) is 0. The van der Waals surface area contributed by atoms with E-state index in [0.717, 1.165) is 0 Å². The van der Waals surface area contributed by atoms with Crippen molar-refractivity contribution in [2.45, 2.75) is 12.5 Å². The smallest absolute Gasteiger partial charge is 0.126 e. The zero-order valence-corrected chi connectivity index (χ0v) is 10.4. The number of aliphatic hydroxyl groups is 1. The van der Waals surface area contributed by atoms with Crippen molar-refractivity contribution in [2.24, 2.45) is 0 Å². The lowest BCUT2D eigenvalue weighted by atomic mass is 10.00. The Kier molecular flexibility index (Phi) is 3.84. The highest BCUT2D eigenvalue weighted by Gasteiger charge is 2.14. The lowest BCUT2D eigenvalue weighted by Gasteiger charge is -2.14. The fourth-order valence-corrected chi connectivity index (χ4v) is 2.03. The van der Waals surface area contributed by atoms with Gasteiger partial charge < -0.3 is 10.8 Å². The summed E-state index contributed by atoms with van der Waals surface area (Å²) in [4.78, 5) is 0. The zero-order chi connectivity index (χ0) is 13.1. The standard InChI is InChI=1S/C14H13ClFNO/c15-10-5-6-12(16)9(7-10)8-14(18)11-3-1-2-4-13(11)17/h1-7,14,18H,8,17H2. The average molecular weight is 266 g/mol. The van der Waals surface area contributed by atoms with E-state index in [2.05, 4.69) is 0 Å². The molecule has 2 nitrogen and oxygen atoms in total. The van der Waals surface area contributed by atoms with E-state index >= 15 is 0 Å². The van der Waals surface area contributed by atoms with E-state index in [0.29, 0.717) is 21.8 Å². The van der Waals surface area contributed by atoms with E-state index < -0.39 is 6.10 Å². The Morgan fingerprint density at radius 2 is 1.94 bits per heavy atom. The number of para-hydroxylation sites is 1. The largest absolute Gasteiger partial charge is 0.398 e. The van der Waals surface area contributed by atoms with Gasteiger partial charge in [-0.3, -0.25) is 0 Å². The minimum Gasteiger partial charge on any atom is -0.398 e. The molecule has 0 spiro atoms. The van der Waals surface area contributed by atoms with Crippen molar-refractivity contribution in [1.82, 2.24) is 0 Å². The highest BCUT2D eigenvalue weighted by molar-refractivity contribution is 6.30. The van der Waals surface area contributed by atoms with Gasteiger partial charge in [0.1, 0.15) is 5.82 Å². The molecule has 0 saturated heterocycles. The van der Waals surface area contributed by atoms with Crippen molar-refractivity contribution in [2.75, 3.05) is 5.73 Å². The fraction of sp³-hybridized carbons (Fsp3) is 0.143. The SMILES string of the molecule is Nc1ccccc1C(O)Cc1cc(Cl)ccc1F. The summed E-state index contributed by atoms with van der Waals surface area (Å²) in [6, 6.07) is 11.3. The number of hydrogen-bond donors (Lipinski definition) is 2. The fourth-order valence-electron chi connectivity index (χ4n) is 1.83. The summed E-state index contributed by atoms with van der Waals surface area (Å²) in [6.07, 6.45) is -0.709. The maximum absolute atomic E-state index is 13.5. The molecular weight excluding hydrogens is 253 g/mol. The van der Waals surface area contributed by atoms with Crippen LogP contribution >= 0.6 is 11.6 Å². The molecule has 94 valence electrons. The number of aliphatic hydroxyl groups excluding tert-OH is 1. The van der Waals surface area contributed by atoms with Crippen LogP contribution in [-0.4, -0.2) is 5.11 Å². The van der Waals surface area contributed by atoms with Gasteiger partial charge in [0.25, 0.3) is 0 Å². The first-order valence-electron chi connectivity index (χ1n) is 5.54. The number of rotatable bonds is 3. The molecule has 0 heterocycles. The first-order valence-corrected chi connectivity index (χ1v) is 5.92. The summed E-state index contributed by atoms with van der Waals surface area (Å²) in [5.74, 6) is -0.382. The second-order valence-electron chi connectivity index (χ2n) is 4.08. The topological polar surface area (TPSA) is 46.2 Å². The van der Waals surface area contributed by atoms with Gasteiger partial charge in [-0.15, -0.1) is 0 Å². The van der Waals surface area contributed by atoms with Crippen LogP contribution in [0.5, 0.6) is 0 Å². The minimum atomic E-state index is -0.848. The number of nitrogens with two attached hydrogens (primary N) is 1. The van der Waals surface area contributed by atoms with Gasteiger partial charge in [-0.1, -0.05) is 29.8 Å². The van der Waals surface area contributed by atoms with E-state index in [9.17, 15) is 9.50 Å². The predicted octanol–water partition coefficient (Wildman–Crippen LogP) is 3.34. The van der Waals surface area contributed by atoms with Crippen LogP contribution in [0.15, 0.2) is 42.5 Å². The molecule has 0 saturated carbocycles. The lowest BCUT2D eigenvalue weighted by molar-refractivity contribution is 0.178. The number of anilines is 1. The Morgan fingerprint density at radius 1 is 1.22 bits per heavy atom. The molecule has 2 rings (SSSR count). The summed E-state index contributed by atoms with van der Waals surface area (Å²) < 4.78 is 13.5. The molecule has 0 aliphatic heterocycles. The van der Waals surface area contributed by atoms with Gasteiger partial charge in [-0.05, 0) is 29.8 Å². The molecule has 1 unspecified atom stereocenters. The Balaban J connectivity index is 2.24. The molecule has 4 heteroatoms. The second kappa shape index (κ2) is 5.38. The van der Waals surface area contributed by atoms with Crippen molar-refractivity contribution >= 4 is 17.3 Å². The van der Waals surface area contributed by atoms with Crippen LogP contribution in [0.3, 0.4) is 0 Å². The maximum Gasteiger partial charge on any atom is 0.126 e.